The largest absolute Gasteiger partial charge is 0.454 e. The summed E-state index contributed by atoms with van der Waals surface area (Å²) in [6.07, 6.45) is 4.00. The summed E-state index contributed by atoms with van der Waals surface area (Å²) in [7, 11) is 3.80. The molecule has 7 heteroatoms. The third-order valence-corrected chi connectivity index (χ3v) is 5.36. The lowest BCUT2D eigenvalue weighted by Crippen LogP contribution is -2.48. The van der Waals surface area contributed by atoms with Crippen LogP contribution in [0.1, 0.15) is 38.2 Å². The zero-order valence-corrected chi connectivity index (χ0v) is 18.2. The highest BCUT2D eigenvalue weighted by Crippen LogP contribution is 2.35. The number of rotatable bonds is 4. The van der Waals surface area contributed by atoms with Crippen molar-refractivity contribution in [2.75, 3.05) is 27.4 Å². The number of aliphatic hydroxyl groups is 1. The number of nitrogens with one attached hydrogen (secondary N) is 1. The van der Waals surface area contributed by atoms with Gasteiger partial charge < -0.3 is 24.8 Å². The summed E-state index contributed by atoms with van der Waals surface area (Å²) in [5.74, 6) is 2.43. The van der Waals surface area contributed by atoms with Crippen LogP contribution in [0.4, 0.5) is 0 Å². The van der Waals surface area contributed by atoms with Gasteiger partial charge in [-0.15, -0.1) is 24.0 Å². The summed E-state index contributed by atoms with van der Waals surface area (Å²) in [5, 5.41) is 13.8. The second-order valence-electron chi connectivity index (χ2n) is 7.36. The van der Waals surface area contributed by atoms with Crippen LogP contribution in [0, 0.1) is 5.41 Å². The number of halogens is 1. The molecule has 0 bridgehead atoms. The second kappa shape index (κ2) is 9.12. The van der Waals surface area contributed by atoms with E-state index in [9.17, 15) is 5.11 Å². The Hall–Kier alpha value is -1.22. The Balaban J connectivity index is 0.00000243. The smallest absolute Gasteiger partial charge is 0.231 e. The van der Waals surface area contributed by atoms with Gasteiger partial charge in [0, 0.05) is 32.6 Å². The maximum absolute atomic E-state index is 10.4. The van der Waals surface area contributed by atoms with Crippen molar-refractivity contribution in [2.45, 2.75) is 45.3 Å². The molecular formula is C19H30IN3O3. The normalized spacial score (nSPS) is 24.8. The van der Waals surface area contributed by atoms with Crippen LogP contribution in [-0.4, -0.2) is 49.5 Å². The topological polar surface area (TPSA) is 66.3 Å². The molecule has 0 saturated heterocycles. The molecule has 1 aromatic carbocycles. The van der Waals surface area contributed by atoms with Gasteiger partial charge in [-0.25, -0.2) is 0 Å². The minimum absolute atomic E-state index is 0. The van der Waals surface area contributed by atoms with E-state index in [1.807, 2.05) is 25.2 Å². The summed E-state index contributed by atoms with van der Waals surface area (Å²) in [6.45, 7) is 3.90. The SMILES string of the molecule is CN=C(NCC1(C)CCCCC1O)N(C)Cc1ccc2c(c1)OCO2.I. The maximum atomic E-state index is 10.4. The average Bonchev–Trinajstić information content (AvgIpc) is 3.06. The summed E-state index contributed by atoms with van der Waals surface area (Å²) < 4.78 is 10.8. The number of nitrogens with zero attached hydrogens (tertiary/aromatic N) is 2. The summed E-state index contributed by atoms with van der Waals surface area (Å²) in [4.78, 5) is 6.47. The van der Waals surface area contributed by atoms with Crippen molar-refractivity contribution >= 4 is 29.9 Å². The number of fused-ring (bicyclic) bond motifs is 1. The molecule has 26 heavy (non-hydrogen) atoms. The number of hydrogen-bond acceptors (Lipinski definition) is 4. The van der Waals surface area contributed by atoms with Crippen molar-refractivity contribution in [2.24, 2.45) is 10.4 Å². The molecule has 1 heterocycles. The fourth-order valence-electron chi connectivity index (χ4n) is 3.64. The van der Waals surface area contributed by atoms with Crippen molar-refractivity contribution in [1.29, 1.82) is 0 Å². The molecule has 2 unspecified atom stereocenters. The Kier molecular flexibility index (Phi) is 7.40. The van der Waals surface area contributed by atoms with E-state index >= 15 is 0 Å². The van der Waals surface area contributed by atoms with Gasteiger partial charge in [0.05, 0.1) is 6.10 Å². The van der Waals surface area contributed by atoms with Crippen molar-refractivity contribution in [3.8, 4) is 11.5 Å². The predicted octanol–water partition coefficient (Wildman–Crippen LogP) is 2.98. The van der Waals surface area contributed by atoms with E-state index in [0.29, 0.717) is 6.79 Å². The zero-order valence-electron chi connectivity index (χ0n) is 15.8. The Labute approximate surface area is 173 Å². The Morgan fingerprint density at radius 2 is 2.12 bits per heavy atom. The summed E-state index contributed by atoms with van der Waals surface area (Å²) in [6, 6.07) is 6.00. The van der Waals surface area contributed by atoms with Gasteiger partial charge >= 0.3 is 0 Å². The molecule has 1 fully saturated rings. The molecule has 0 radical (unpaired) electrons. The Bertz CT molecular complexity index is 640. The number of hydrogen-bond donors (Lipinski definition) is 2. The van der Waals surface area contributed by atoms with Crippen LogP contribution in [0.25, 0.3) is 0 Å². The van der Waals surface area contributed by atoms with Crippen LogP contribution in [0.3, 0.4) is 0 Å². The van der Waals surface area contributed by atoms with E-state index in [-0.39, 0.29) is 35.5 Å². The van der Waals surface area contributed by atoms with Gasteiger partial charge in [-0.05, 0) is 30.5 Å². The van der Waals surface area contributed by atoms with E-state index in [2.05, 4.69) is 22.1 Å². The van der Waals surface area contributed by atoms with Crippen LogP contribution in [0.2, 0.25) is 0 Å². The van der Waals surface area contributed by atoms with Crippen LogP contribution in [-0.2, 0) is 6.54 Å². The fourth-order valence-corrected chi connectivity index (χ4v) is 3.64. The second-order valence-corrected chi connectivity index (χ2v) is 7.36. The van der Waals surface area contributed by atoms with E-state index in [1.54, 1.807) is 7.05 Å². The van der Waals surface area contributed by atoms with Gasteiger partial charge in [-0.2, -0.15) is 0 Å². The maximum Gasteiger partial charge on any atom is 0.231 e. The average molecular weight is 475 g/mol. The first kappa shape index (κ1) is 21.1. The first-order valence-electron chi connectivity index (χ1n) is 9.00. The lowest BCUT2D eigenvalue weighted by molar-refractivity contribution is 0.00369. The minimum Gasteiger partial charge on any atom is -0.454 e. The van der Waals surface area contributed by atoms with Crippen LogP contribution >= 0.6 is 24.0 Å². The fraction of sp³-hybridized carbons (Fsp3) is 0.632. The predicted molar refractivity (Wildman–Crippen MR) is 113 cm³/mol. The van der Waals surface area contributed by atoms with E-state index in [4.69, 9.17) is 9.47 Å². The molecular weight excluding hydrogens is 445 g/mol. The van der Waals surface area contributed by atoms with E-state index < -0.39 is 0 Å². The van der Waals surface area contributed by atoms with Gasteiger partial charge in [0.15, 0.2) is 17.5 Å². The van der Waals surface area contributed by atoms with Crippen LogP contribution in [0.15, 0.2) is 23.2 Å². The van der Waals surface area contributed by atoms with E-state index in [1.165, 1.54) is 6.42 Å². The monoisotopic (exact) mass is 475 g/mol. The highest BCUT2D eigenvalue weighted by atomic mass is 127. The number of aliphatic hydroxyl groups excluding tert-OH is 1. The molecule has 0 spiro atoms. The molecule has 2 N–H and O–H groups in total. The molecule has 6 nitrogen and oxygen atoms in total. The zero-order chi connectivity index (χ0) is 17.9. The number of aliphatic imine (C=N–C) groups is 1. The molecule has 0 amide bonds. The van der Waals surface area contributed by atoms with Crippen molar-refractivity contribution in [3.63, 3.8) is 0 Å². The number of benzene rings is 1. The van der Waals surface area contributed by atoms with Gasteiger partial charge in [0.1, 0.15) is 0 Å². The Morgan fingerprint density at radius 1 is 1.35 bits per heavy atom. The Morgan fingerprint density at radius 3 is 2.85 bits per heavy atom. The van der Waals surface area contributed by atoms with E-state index in [0.717, 1.165) is 55.4 Å². The van der Waals surface area contributed by atoms with Crippen molar-refractivity contribution < 1.29 is 14.6 Å². The van der Waals surface area contributed by atoms with Gasteiger partial charge in [0.2, 0.25) is 6.79 Å². The molecule has 1 saturated carbocycles. The molecule has 1 aliphatic carbocycles. The van der Waals surface area contributed by atoms with Gasteiger partial charge in [0.25, 0.3) is 0 Å². The third kappa shape index (κ3) is 4.73. The van der Waals surface area contributed by atoms with Crippen LogP contribution in [0.5, 0.6) is 11.5 Å². The molecule has 2 atom stereocenters. The molecule has 0 aromatic heterocycles. The summed E-state index contributed by atoms with van der Waals surface area (Å²) in [5.41, 5.74) is 1.05. The summed E-state index contributed by atoms with van der Waals surface area (Å²) >= 11 is 0. The molecule has 1 aromatic rings. The lowest BCUT2D eigenvalue weighted by Gasteiger charge is -2.39. The molecule has 1 aliphatic heterocycles. The lowest BCUT2D eigenvalue weighted by atomic mass is 9.73. The molecule has 2 aliphatic rings. The van der Waals surface area contributed by atoms with Gasteiger partial charge in [-0.3, -0.25) is 4.99 Å². The highest BCUT2D eigenvalue weighted by molar-refractivity contribution is 14.0. The third-order valence-electron chi connectivity index (χ3n) is 5.36. The first-order chi connectivity index (χ1) is 12.0. The quantitative estimate of drug-likeness (QED) is 0.398. The molecule has 3 rings (SSSR count). The van der Waals surface area contributed by atoms with Crippen molar-refractivity contribution in [1.82, 2.24) is 10.2 Å². The number of guanidine groups is 1. The number of ether oxygens (including phenoxy) is 2. The molecule has 146 valence electrons. The van der Waals surface area contributed by atoms with Crippen molar-refractivity contribution in [3.05, 3.63) is 23.8 Å². The van der Waals surface area contributed by atoms with Crippen LogP contribution < -0.4 is 14.8 Å². The highest BCUT2D eigenvalue weighted by Gasteiger charge is 2.35. The van der Waals surface area contributed by atoms with Gasteiger partial charge in [-0.1, -0.05) is 25.8 Å². The standard InChI is InChI=1S/C19H29N3O3.HI/c1-19(9-5-4-6-17(19)23)12-21-18(20-2)22(3)11-14-7-8-15-16(10-14)25-13-24-15;/h7-8,10,17,23H,4-6,9,11-13H2,1-3H3,(H,20,21);1H. The minimum atomic E-state index is -0.244. The first-order valence-corrected chi connectivity index (χ1v) is 9.00.